The molecule has 22 heavy (non-hydrogen) atoms. The number of aryl methyl sites for hydroxylation is 1. The first-order valence-electron chi connectivity index (χ1n) is 8.43. The molecule has 0 bridgehead atoms. The first kappa shape index (κ1) is 15.1. The van der Waals surface area contributed by atoms with E-state index in [2.05, 4.69) is 18.3 Å². The van der Waals surface area contributed by atoms with Crippen molar-refractivity contribution in [3.05, 3.63) is 23.8 Å². The Morgan fingerprint density at radius 1 is 1.32 bits per heavy atom. The molecule has 4 heteroatoms. The number of benzene rings is 1. The van der Waals surface area contributed by atoms with Gasteiger partial charge in [-0.2, -0.15) is 0 Å². The average Bonchev–Trinajstić information content (AvgIpc) is 3.36. The molecule has 0 aromatic heterocycles. The number of carbonyl (C=O) groups is 2. The fraction of sp³-hybridized carbons (Fsp3) is 0.556. The van der Waals surface area contributed by atoms with Crippen molar-refractivity contribution in [2.45, 2.75) is 51.9 Å². The van der Waals surface area contributed by atoms with E-state index in [0.717, 1.165) is 56.4 Å². The normalized spacial score (nSPS) is 17.0. The Balaban J connectivity index is 1.76. The van der Waals surface area contributed by atoms with E-state index in [-0.39, 0.29) is 17.7 Å². The second-order valence-corrected chi connectivity index (χ2v) is 6.36. The Bertz CT molecular complexity index is 578. The summed E-state index contributed by atoms with van der Waals surface area (Å²) < 4.78 is 0. The highest BCUT2D eigenvalue weighted by Gasteiger charge is 2.35. The Kier molecular flexibility index (Phi) is 4.46. The van der Waals surface area contributed by atoms with Crippen molar-refractivity contribution in [3.63, 3.8) is 0 Å². The molecule has 1 aromatic rings. The summed E-state index contributed by atoms with van der Waals surface area (Å²) in [6.45, 7) is 2.88. The van der Waals surface area contributed by atoms with Gasteiger partial charge >= 0.3 is 0 Å². The molecule has 1 aliphatic carbocycles. The fourth-order valence-electron chi connectivity index (χ4n) is 2.99. The highest BCUT2D eigenvalue weighted by Crippen LogP contribution is 2.36. The van der Waals surface area contributed by atoms with E-state index in [1.54, 1.807) is 0 Å². The largest absolute Gasteiger partial charge is 0.326 e. The lowest BCUT2D eigenvalue weighted by Gasteiger charge is -2.30. The van der Waals surface area contributed by atoms with Crippen LogP contribution in [-0.2, 0) is 16.0 Å². The minimum atomic E-state index is 0.0534. The molecule has 1 heterocycles. The third kappa shape index (κ3) is 3.32. The van der Waals surface area contributed by atoms with E-state index in [0.29, 0.717) is 6.42 Å². The van der Waals surface area contributed by atoms with Crippen molar-refractivity contribution in [3.8, 4) is 0 Å². The van der Waals surface area contributed by atoms with Gasteiger partial charge in [-0.3, -0.25) is 9.59 Å². The summed E-state index contributed by atoms with van der Waals surface area (Å²) in [5, 5.41) is 2.95. The quantitative estimate of drug-likeness (QED) is 0.904. The number of hydrogen-bond donors (Lipinski definition) is 1. The van der Waals surface area contributed by atoms with Crippen LogP contribution in [0.25, 0.3) is 0 Å². The third-order valence-corrected chi connectivity index (χ3v) is 4.44. The smallest absolute Gasteiger partial charge is 0.230 e. The molecule has 3 rings (SSSR count). The second kappa shape index (κ2) is 6.51. The molecule has 1 saturated carbocycles. The summed E-state index contributed by atoms with van der Waals surface area (Å²) >= 11 is 0. The van der Waals surface area contributed by atoms with Gasteiger partial charge in [-0.1, -0.05) is 19.4 Å². The van der Waals surface area contributed by atoms with Crippen LogP contribution in [0.15, 0.2) is 18.2 Å². The summed E-state index contributed by atoms with van der Waals surface area (Å²) in [7, 11) is 0. The molecule has 0 radical (unpaired) electrons. The molecule has 2 aliphatic rings. The molecule has 2 amide bonds. The topological polar surface area (TPSA) is 49.4 Å². The Labute approximate surface area is 131 Å². The number of hydrogen-bond acceptors (Lipinski definition) is 2. The Hall–Kier alpha value is -1.84. The summed E-state index contributed by atoms with van der Waals surface area (Å²) in [4.78, 5) is 26.2. The summed E-state index contributed by atoms with van der Waals surface area (Å²) in [5.41, 5.74) is 3.01. The lowest BCUT2D eigenvalue weighted by molar-refractivity contribution is -0.120. The van der Waals surface area contributed by atoms with E-state index < -0.39 is 0 Å². The van der Waals surface area contributed by atoms with Crippen molar-refractivity contribution < 1.29 is 9.59 Å². The number of nitrogens with zero attached hydrogens (tertiary/aromatic N) is 1. The van der Waals surface area contributed by atoms with Gasteiger partial charge in [-0.05, 0) is 49.8 Å². The molecule has 1 N–H and O–H groups in total. The summed E-state index contributed by atoms with van der Waals surface area (Å²) in [6.07, 6.45) is 6.56. The zero-order valence-electron chi connectivity index (χ0n) is 13.2. The number of unbranched alkanes of at least 4 members (excludes halogenated alkanes) is 1. The molecule has 0 atom stereocenters. The molecule has 4 nitrogen and oxygen atoms in total. The standard InChI is InChI=1S/C18H24N2O2/c1-2-3-6-17(21)19-15-10-9-13-5-4-11-20(16(13)12-15)18(22)14-7-8-14/h9-10,12,14H,2-8,11H2,1H3,(H,19,21). The summed E-state index contributed by atoms with van der Waals surface area (Å²) in [6, 6.07) is 5.98. The van der Waals surface area contributed by atoms with Crippen molar-refractivity contribution in [2.24, 2.45) is 5.92 Å². The Morgan fingerprint density at radius 2 is 2.14 bits per heavy atom. The minimum absolute atomic E-state index is 0.0534. The highest BCUT2D eigenvalue weighted by molar-refractivity contribution is 5.99. The van der Waals surface area contributed by atoms with E-state index >= 15 is 0 Å². The van der Waals surface area contributed by atoms with Gasteiger partial charge in [0.25, 0.3) is 0 Å². The van der Waals surface area contributed by atoms with E-state index in [1.165, 1.54) is 5.56 Å². The van der Waals surface area contributed by atoms with Gasteiger partial charge in [0, 0.05) is 30.3 Å². The molecule has 1 aromatic carbocycles. The fourth-order valence-corrected chi connectivity index (χ4v) is 2.99. The maximum atomic E-state index is 12.4. The van der Waals surface area contributed by atoms with Gasteiger partial charge in [-0.15, -0.1) is 0 Å². The number of fused-ring (bicyclic) bond motifs is 1. The maximum absolute atomic E-state index is 12.4. The Morgan fingerprint density at radius 3 is 2.86 bits per heavy atom. The maximum Gasteiger partial charge on any atom is 0.230 e. The van der Waals surface area contributed by atoms with Crippen LogP contribution in [0.5, 0.6) is 0 Å². The third-order valence-electron chi connectivity index (χ3n) is 4.44. The lowest BCUT2D eigenvalue weighted by Crippen LogP contribution is -2.36. The molecule has 0 unspecified atom stereocenters. The van der Waals surface area contributed by atoms with Gasteiger partial charge in [0.1, 0.15) is 0 Å². The van der Waals surface area contributed by atoms with Crippen LogP contribution >= 0.6 is 0 Å². The van der Waals surface area contributed by atoms with E-state index in [4.69, 9.17) is 0 Å². The molecule has 0 saturated heterocycles. The number of anilines is 2. The average molecular weight is 300 g/mol. The van der Waals surface area contributed by atoms with Crippen LogP contribution in [0, 0.1) is 5.92 Å². The van der Waals surface area contributed by atoms with Gasteiger partial charge < -0.3 is 10.2 Å². The SMILES string of the molecule is CCCCC(=O)Nc1ccc2c(c1)N(C(=O)C1CC1)CCC2. The van der Waals surface area contributed by atoms with Crippen molar-refractivity contribution in [2.75, 3.05) is 16.8 Å². The first-order valence-corrected chi connectivity index (χ1v) is 8.43. The first-order chi connectivity index (χ1) is 10.7. The van der Waals surface area contributed by atoms with Crippen LogP contribution in [-0.4, -0.2) is 18.4 Å². The zero-order valence-corrected chi connectivity index (χ0v) is 13.2. The zero-order chi connectivity index (χ0) is 15.5. The lowest BCUT2D eigenvalue weighted by atomic mass is 10.0. The van der Waals surface area contributed by atoms with Crippen LogP contribution in [0.2, 0.25) is 0 Å². The monoisotopic (exact) mass is 300 g/mol. The number of carbonyl (C=O) groups excluding carboxylic acids is 2. The van der Waals surface area contributed by atoms with Crippen LogP contribution < -0.4 is 10.2 Å². The molecular formula is C18H24N2O2. The van der Waals surface area contributed by atoms with E-state index in [1.807, 2.05) is 17.0 Å². The van der Waals surface area contributed by atoms with Gasteiger partial charge in [0.05, 0.1) is 0 Å². The molecular weight excluding hydrogens is 276 g/mol. The minimum Gasteiger partial charge on any atom is -0.326 e. The molecule has 1 aliphatic heterocycles. The van der Waals surface area contributed by atoms with Crippen molar-refractivity contribution in [1.29, 1.82) is 0 Å². The highest BCUT2D eigenvalue weighted by atomic mass is 16.2. The van der Waals surface area contributed by atoms with Crippen LogP contribution in [0.4, 0.5) is 11.4 Å². The van der Waals surface area contributed by atoms with Gasteiger partial charge in [-0.25, -0.2) is 0 Å². The molecule has 0 spiro atoms. The van der Waals surface area contributed by atoms with Crippen LogP contribution in [0.3, 0.4) is 0 Å². The number of amides is 2. The molecule has 118 valence electrons. The van der Waals surface area contributed by atoms with E-state index in [9.17, 15) is 9.59 Å². The predicted octanol–water partition coefficient (Wildman–Crippen LogP) is 3.50. The van der Waals surface area contributed by atoms with Crippen molar-refractivity contribution >= 4 is 23.2 Å². The van der Waals surface area contributed by atoms with Gasteiger partial charge in [0.15, 0.2) is 0 Å². The molecule has 1 fully saturated rings. The predicted molar refractivity (Wildman–Crippen MR) is 88.0 cm³/mol. The van der Waals surface area contributed by atoms with Crippen LogP contribution in [0.1, 0.15) is 51.0 Å². The summed E-state index contributed by atoms with van der Waals surface area (Å²) in [5.74, 6) is 0.543. The number of rotatable bonds is 5. The second-order valence-electron chi connectivity index (χ2n) is 6.36. The van der Waals surface area contributed by atoms with Crippen molar-refractivity contribution in [1.82, 2.24) is 0 Å². The number of nitrogens with one attached hydrogen (secondary N) is 1. The van der Waals surface area contributed by atoms with Gasteiger partial charge in [0.2, 0.25) is 11.8 Å².